The van der Waals surface area contributed by atoms with Gasteiger partial charge < -0.3 is 15.6 Å². The molecule has 1 aromatic carbocycles. The number of fused-ring (bicyclic) bond motifs is 1. The molecule has 0 saturated carbocycles. The highest BCUT2D eigenvalue weighted by Gasteiger charge is 2.22. The fourth-order valence-electron chi connectivity index (χ4n) is 3.42. The lowest BCUT2D eigenvalue weighted by Crippen LogP contribution is -2.12. The lowest BCUT2D eigenvalue weighted by Gasteiger charge is -2.16. The van der Waals surface area contributed by atoms with Gasteiger partial charge in [-0.1, -0.05) is 29.8 Å². The molecule has 0 aliphatic carbocycles. The zero-order valence-electron chi connectivity index (χ0n) is 16.6. The van der Waals surface area contributed by atoms with Gasteiger partial charge in [0.2, 0.25) is 0 Å². The first-order valence-electron chi connectivity index (χ1n) is 9.33. The molecule has 0 fully saturated rings. The zero-order chi connectivity index (χ0) is 22.3. The number of rotatable bonds is 6. The minimum Gasteiger partial charge on any atom is -0.484 e. The van der Waals surface area contributed by atoms with Crippen LogP contribution in [0.2, 0.25) is 5.02 Å². The molecule has 0 bridgehead atoms. The summed E-state index contributed by atoms with van der Waals surface area (Å²) in [5.41, 5.74) is 8.34. The molecule has 0 saturated heterocycles. The Morgan fingerprint density at radius 2 is 2.03 bits per heavy atom. The SMILES string of the molecule is Cc1c(C(=O)O)ccn2c(-c3cc(OC(C)c4ccccc4Cl)c(C(N)=O)s3)cnc12. The molecular weight excluding hydrogens is 438 g/mol. The summed E-state index contributed by atoms with van der Waals surface area (Å²) < 4.78 is 7.83. The van der Waals surface area contributed by atoms with E-state index in [1.165, 1.54) is 17.4 Å². The van der Waals surface area contributed by atoms with E-state index in [9.17, 15) is 14.7 Å². The van der Waals surface area contributed by atoms with Crippen LogP contribution in [0.1, 0.15) is 44.2 Å². The summed E-state index contributed by atoms with van der Waals surface area (Å²) in [6.45, 7) is 3.55. The van der Waals surface area contributed by atoms with Crippen LogP contribution in [0.3, 0.4) is 0 Å². The van der Waals surface area contributed by atoms with E-state index < -0.39 is 18.0 Å². The molecule has 3 heterocycles. The number of hydrogen-bond acceptors (Lipinski definition) is 5. The molecule has 9 heteroatoms. The van der Waals surface area contributed by atoms with Crippen molar-refractivity contribution in [3.05, 3.63) is 75.4 Å². The number of nitrogens with two attached hydrogens (primary N) is 1. The molecule has 4 aromatic rings. The van der Waals surface area contributed by atoms with Crippen LogP contribution in [0.25, 0.3) is 16.2 Å². The van der Waals surface area contributed by atoms with Crippen molar-refractivity contribution in [1.82, 2.24) is 9.38 Å². The Balaban J connectivity index is 1.76. The molecule has 1 unspecified atom stereocenters. The Kier molecular flexibility index (Phi) is 5.43. The van der Waals surface area contributed by atoms with Crippen molar-refractivity contribution in [3.8, 4) is 16.3 Å². The highest BCUT2D eigenvalue weighted by molar-refractivity contribution is 7.17. The first-order chi connectivity index (χ1) is 14.8. The van der Waals surface area contributed by atoms with Gasteiger partial charge in [-0.2, -0.15) is 0 Å². The van der Waals surface area contributed by atoms with Crippen molar-refractivity contribution in [2.75, 3.05) is 0 Å². The largest absolute Gasteiger partial charge is 0.484 e. The number of benzene rings is 1. The fraction of sp³-hybridized carbons (Fsp3) is 0.136. The number of carboxylic acid groups (broad SMARTS) is 1. The standard InChI is InChI=1S/C22H18ClN3O4S/c1-11-13(22(28)29)7-8-26-16(10-25-21(11)26)18-9-17(19(31-18)20(24)27)30-12(2)14-5-3-4-6-15(14)23/h3-10,12H,1-2H3,(H2,24,27)(H,28,29). The average molecular weight is 456 g/mol. The number of aryl methyl sites for hydroxylation is 1. The fourth-order valence-corrected chi connectivity index (χ4v) is 4.66. The van der Waals surface area contributed by atoms with E-state index in [2.05, 4.69) is 4.98 Å². The van der Waals surface area contributed by atoms with E-state index >= 15 is 0 Å². The van der Waals surface area contributed by atoms with Crippen LogP contribution in [-0.4, -0.2) is 26.4 Å². The van der Waals surface area contributed by atoms with Gasteiger partial charge in [0.25, 0.3) is 5.91 Å². The molecule has 3 aromatic heterocycles. The smallest absolute Gasteiger partial charge is 0.336 e. The van der Waals surface area contributed by atoms with Gasteiger partial charge in [0.1, 0.15) is 22.4 Å². The number of hydrogen-bond donors (Lipinski definition) is 2. The molecule has 4 rings (SSSR count). The maximum atomic E-state index is 12.1. The molecule has 1 amide bonds. The number of halogens is 1. The number of primary amides is 1. The first-order valence-corrected chi connectivity index (χ1v) is 10.5. The van der Waals surface area contributed by atoms with Gasteiger partial charge in [0.15, 0.2) is 0 Å². The van der Waals surface area contributed by atoms with Crippen LogP contribution in [0.4, 0.5) is 0 Å². The third-order valence-corrected chi connectivity index (χ3v) is 6.48. The Morgan fingerprint density at radius 3 is 2.71 bits per heavy atom. The number of carbonyl (C=O) groups is 2. The minimum atomic E-state index is -1.01. The van der Waals surface area contributed by atoms with E-state index in [1.54, 1.807) is 35.9 Å². The van der Waals surface area contributed by atoms with E-state index in [0.717, 1.165) is 5.56 Å². The lowest BCUT2D eigenvalue weighted by atomic mass is 10.1. The monoisotopic (exact) mass is 455 g/mol. The van der Waals surface area contributed by atoms with Crippen molar-refractivity contribution in [2.45, 2.75) is 20.0 Å². The van der Waals surface area contributed by atoms with Crippen molar-refractivity contribution in [2.24, 2.45) is 5.73 Å². The summed E-state index contributed by atoms with van der Waals surface area (Å²) in [5, 5.41) is 9.90. The first kappa shape index (κ1) is 20.9. The Morgan fingerprint density at radius 1 is 1.29 bits per heavy atom. The van der Waals surface area contributed by atoms with Gasteiger partial charge in [0, 0.05) is 28.4 Å². The second-order valence-electron chi connectivity index (χ2n) is 6.95. The summed E-state index contributed by atoms with van der Waals surface area (Å²) >= 11 is 7.46. The van der Waals surface area contributed by atoms with E-state index in [1.807, 2.05) is 25.1 Å². The normalized spacial score (nSPS) is 12.1. The molecular formula is C22H18ClN3O4S. The van der Waals surface area contributed by atoms with Crippen LogP contribution >= 0.6 is 22.9 Å². The van der Waals surface area contributed by atoms with Crippen LogP contribution < -0.4 is 10.5 Å². The molecule has 0 spiro atoms. The number of carbonyl (C=O) groups excluding carboxylic acids is 1. The van der Waals surface area contributed by atoms with Crippen molar-refractivity contribution >= 4 is 40.5 Å². The van der Waals surface area contributed by atoms with Gasteiger partial charge in [-0.05, 0) is 26.0 Å². The predicted octanol–water partition coefficient (Wildman–Crippen LogP) is 4.96. The van der Waals surface area contributed by atoms with Crippen LogP contribution in [0, 0.1) is 6.92 Å². The topological polar surface area (TPSA) is 107 Å². The lowest BCUT2D eigenvalue weighted by molar-refractivity contribution is 0.0695. The summed E-state index contributed by atoms with van der Waals surface area (Å²) in [6, 6.07) is 10.6. The van der Waals surface area contributed by atoms with Crippen molar-refractivity contribution in [3.63, 3.8) is 0 Å². The maximum absolute atomic E-state index is 12.1. The highest BCUT2D eigenvalue weighted by Crippen LogP contribution is 2.39. The van der Waals surface area contributed by atoms with Gasteiger partial charge in [-0.15, -0.1) is 11.3 Å². The van der Waals surface area contributed by atoms with Gasteiger partial charge in [-0.3, -0.25) is 9.20 Å². The van der Waals surface area contributed by atoms with E-state index in [4.69, 9.17) is 22.1 Å². The molecule has 158 valence electrons. The molecule has 31 heavy (non-hydrogen) atoms. The third kappa shape index (κ3) is 3.75. The second kappa shape index (κ2) is 8.05. The van der Waals surface area contributed by atoms with Gasteiger partial charge in [-0.25, -0.2) is 9.78 Å². The summed E-state index contributed by atoms with van der Waals surface area (Å²) in [4.78, 5) is 28.8. The summed E-state index contributed by atoms with van der Waals surface area (Å²) in [5.74, 6) is -1.26. The number of amides is 1. The number of aromatic nitrogens is 2. The number of carboxylic acids is 1. The number of pyridine rings is 1. The average Bonchev–Trinajstić information content (AvgIpc) is 3.32. The zero-order valence-corrected chi connectivity index (χ0v) is 18.2. The van der Waals surface area contributed by atoms with Gasteiger partial charge >= 0.3 is 5.97 Å². The van der Waals surface area contributed by atoms with E-state index in [-0.39, 0.29) is 10.4 Å². The van der Waals surface area contributed by atoms with E-state index in [0.29, 0.717) is 32.6 Å². The maximum Gasteiger partial charge on any atom is 0.336 e. The highest BCUT2D eigenvalue weighted by atomic mass is 35.5. The molecule has 0 aliphatic rings. The van der Waals surface area contributed by atoms with Crippen LogP contribution in [-0.2, 0) is 0 Å². The van der Waals surface area contributed by atoms with Crippen LogP contribution in [0.5, 0.6) is 5.75 Å². The van der Waals surface area contributed by atoms with Crippen LogP contribution in [0.15, 0.2) is 48.8 Å². The Labute approximate surface area is 186 Å². The number of aromatic carboxylic acids is 1. The Hall–Kier alpha value is -3.36. The predicted molar refractivity (Wildman–Crippen MR) is 119 cm³/mol. The third-order valence-electron chi connectivity index (χ3n) is 4.98. The Bertz CT molecular complexity index is 1330. The quantitative estimate of drug-likeness (QED) is 0.427. The second-order valence-corrected chi connectivity index (χ2v) is 8.41. The van der Waals surface area contributed by atoms with Crippen molar-refractivity contribution in [1.29, 1.82) is 0 Å². The van der Waals surface area contributed by atoms with Crippen molar-refractivity contribution < 1.29 is 19.4 Å². The number of imidazole rings is 1. The number of ether oxygens (including phenoxy) is 1. The molecule has 7 nitrogen and oxygen atoms in total. The molecule has 0 radical (unpaired) electrons. The molecule has 3 N–H and O–H groups in total. The number of thiophene rings is 1. The van der Waals surface area contributed by atoms with Gasteiger partial charge in [0.05, 0.1) is 22.3 Å². The summed E-state index contributed by atoms with van der Waals surface area (Å²) in [7, 11) is 0. The molecule has 0 aliphatic heterocycles. The molecule has 1 atom stereocenters. The minimum absolute atomic E-state index is 0.186. The summed E-state index contributed by atoms with van der Waals surface area (Å²) in [6.07, 6.45) is 2.87. The number of nitrogens with zero attached hydrogens (tertiary/aromatic N) is 2.